The van der Waals surface area contributed by atoms with Gasteiger partial charge in [-0.1, -0.05) is 32.4 Å². The van der Waals surface area contributed by atoms with Crippen molar-refractivity contribution >= 4 is 40.5 Å². The molecule has 0 spiro atoms. The fourth-order valence-corrected chi connectivity index (χ4v) is 4.82. The van der Waals surface area contributed by atoms with Crippen LogP contribution in [0.3, 0.4) is 0 Å². The van der Waals surface area contributed by atoms with Crippen molar-refractivity contribution in [3.8, 4) is 0 Å². The lowest BCUT2D eigenvalue weighted by Gasteiger charge is -2.34. The third-order valence-corrected chi connectivity index (χ3v) is 6.64. The lowest BCUT2D eigenvalue weighted by molar-refractivity contribution is 0.0600. The molecule has 27 heavy (non-hydrogen) atoms. The maximum atomic E-state index is 12.8. The van der Waals surface area contributed by atoms with E-state index in [1.807, 2.05) is 5.38 Å². The largest absolute Gasteiger partial charge is 0.465 e. The molecule has 3 rings (SSSR count). The van der Waals surface area contributed by atoms with Gasteiger partial charge in [0.1, 0.15) is 0 Å². The predicted molar refractivity (Wildman–Crippen MR) is 110 cm³/mol. The maximum Gasteiger partial charge on any atom is 0.337 e. The van der Waals surface area contributed by atoms with Gasteiger partial charge in [0.25, 0.3) is 5.91 Å². The average Bonchev–Trinajstić information content (AvgIpc) is 3.05. The molecule has 6 heteroatoms. The first-order valence-electron chi connectivity index (χ1n) is 8.99. The van der Waals surface area contributed by atoms with Crippen LogP contribution in [0.2, 0.25) is 5.02 Å². The van der Waals surface area contributed by atoms with E-state index in [1.54, 1.807) is 29.5 Å². The first-order chi connectivity index (χ1) is 12.7. The van der Waals surface area contributed by atoms with Crippen LogP contribution in [0.25, 0.3) is 0 Å². The second-order valence-corrected chi connectivity index (χ2v) is 9.37. The van der Waals surface area contributed by atoms with Crippen molar-refractivity contribution in [3.63, 3.8) is 0 Å². The maximum absolute atomic E-state index is 12.8. The summed E-state index contributed by atoms with van der Waals surface area (Å²) in [4.78, 5) is 25.9. The lowest BCUT2D eigenvalue weighted by atomic mass is 9.72. The third kappa shape index (κ3) is 4.19. The molecule has 1 heterocycles. The van der Waals surface area contributed by atoms with Gasteiger partial charge >= 0.3 is 5.97 Å². The number of hydrogen-bond acceptors (Lipinski definition) is 4. The number of esters is 1. The molecule has 0 radical (unpaired) electrons. The van der Waals surface area contributed by atoms with E-state index in [0.717, 1.165) is 24.8 Å². The Balaban J connectivity index is 1.81. The summed E-state index contributed by atoms with van der Waals surface area (Å²) in [7, 11) is 1.32. The monoisotopic (exact) mass is 405 g/mol. The molecule has 1 amide bonds. The molecule has 1 unspecified atom stereocenters. The van der Waals surface area contributed by atoms with Crippen LogP contribution in [-0.2, 0) is 17.6 Å². The number of anilines is 1. The molecule has 0 aliphatic heterocycles. The van der Waals surface area contributed by atoms with Crippen LogP contribution in [0, 0.1) is 11.3 Å². The summed E-state index contributed by atoms with van der Waals surface area (Å²) in [6.45, 7) is 6.83. The van der Waals surface area contributed by atoms with Gasteiger partial charge in [0.2, 0.25) is 0 Å². The number of fused-ring (bicyclic) bond motifs is 1. The Bertz CT molecular complexity index is 882. The number of ether oxygens (including phenoxy) is 1. The molecule has 1 aromatic carbocycles. The number of carbonyl (C=O) groups excluding carboxylic acids is 2. The zero-order valence-electron chi connectivity index (χ0n) is 16.0. The van der Waals surface area contributed by atoms with Gasteiger partial charge in [0.15, 0.2) is 0 Å². The Kier molecular flexibility index (Phi) is 5.63. The smallest absolute Gasteiger partial charge is 0.337 e. The van der Waals surface area contributed by atoms with Gasteiger partial charge in [-0.25, -0.2) is 4.79 Å². The zero-order valence-corrected chi connectivity index (χ0v) is 17.6. The highest BCUT2D eigenvalue weighted by Crippen LogP contribution is 2.40. The van der Waals surface area contributed by atoms with E-state index in [2.05, 4.69) is 26.1 Å². The van der Waals surface area contributed by atoms with Crippen molar-refractivity contribution in [1.82, 2.24) is 0 Å². The Labute approximate surface area is 168 Å². The molecule has 0 bridgehead atoms. The minimum Gasteiger partial charge on any atom is -0.465 e. The second kappa shape index (κ2) is 7.64. The molecular formula is C21H24ClNO3S. The SMILES string of the molecule is COC(=O)c1ccc(Cl)c(NC(=O)c2csc3c2CCC(C(C)(C)C)C3)c1. The number of nitrogens with one attached hydrogen (secondary N) is 1. The topological polar surface area (TPSA) is 55.4 Å². The van der Waals surface area contributed by atoms with Crippen molar-refractivity contribution in [2.24, 2.45) is 11.3 Å². The van der Waals surface area contributed by atoms with Crippen molar-refractivity contribution in [3.05, 3.63) is 50.2 Å². The van der Waals surface area contributed by atoms with Gasteiger partial charge in [0.05, 0.1) is 28.9 Å². The summed E-state index contributed by atoms with van der Waals surface area (Å²) < 4.78 is 4.73. The zero-order chi connectivity index (χ0) is 19.8. The molecule has 0 saturated heterocycles. The van der Waals surface area contributed by atoms with Crippen molar-refractivity contribution in [1.29, 1.82) is 0 Å². The van der Waals surface area contributed by atoms with Gasteiger partial charge in [-0.15, -0.1) is 11.3 Å². The number of methoxy groups -OCH3 is 1. The number of hydrogen-bond donors (Lipinski definition) is 1. The first-order valence-corrected chi connectivity index (χ1v) is 10.2. The molecule has 0 saturated carbocycles. The molecule has 1 aliphatic carbocycles. The van der Waals surface area contributed by atoms with E-state index in [1.165, 1.54) is 12.0 Å². The lowest BCUT2D eigenvalue weighted by Crippen LogP contribution is -2.27. The van der Waals surface area contributed by atoms with E-state index in [-0.39, 0.29) is 11.3 Å². The number of thiophene rings is 1. The Morgan fingerprint density at radius 2 is 2.04 bits per heavy atom. The normalized spacial score (nSPS) is 16.6. The quantitative estimate of drug-likeness (QED) is 0.677. The summed E-state index contributed by atoms with van der Waals surface area (Å²) in [6, 6.07) is 4.70. The highest BCUT2D eigenvalue weighted by molar-refractivity contribution is 7.10. The molecule has 0 fully saturated rings. The van der Waals surface area contributed by atoms with Crippen LogP contribution in [-0.4, -0.2) is 19.0 Å². The van der Waals surface area contributed by atoms with Crippen LogP contribution in [0.5, 0.6) is 0 Å². The number of benzene rings is 1. The Morgan fingerprint density at radius 3 is 2.70 bits per heavy atom. The summed E-state index contributed by atoms with van der Waals surface area (Å²) in [5.74, 6) is -0.0281. The number of amides is 1. The molecular weight excluding hydrogens is 382 g/mol. The molecule has 1 N–H and O–H groups in total. The van der Waals surface area contributed by atoms with E-state index >= 15 is 0 Å². The number of halogens is 1. The molecule has 2 aromatic rings. The standard InChI is InChI=1S/C21H24ClNO3S/c1-21(2,3)13-6-7-14-15(11-27-18(14)10-13)19(24)23-17-9-12(20(25)26-4)5-8-16(17)22/h5,8-9,11,13H,6-7,10H2,1-4H3,(H,23,24). The van der Waals surface area contributed by atoms with Gasteiger partial charge in [-0.05, 0) is 54.4 Å². The summed E-state index contributed by atoms with van der Waals surface area (Å²) >= 11 is 7.86. The van der Waals surface area contributed by atoms with Crippen molar-refractivity contribution in [2.45, 2.75) is 40.0 Å². The second-order valence-electron chi connectivity index (χ2n) is 8.00. The third-order valence-electron chi connectivity index (χ3n) is 5.26. The molecule has 1 atom stereocenters. The molecule has 1 aromatic heterocycles. The molecule has 4 nitrogen and oxygen atoms in total. The fraction of sp³-hybridized carbons (Fsp3) is 0.429. The Hall–Kier alpha value is -1.85. The van der Waals surface area contributed by atoms with Crippen LogP contribution in [0.1, 0.15) is 58.3 Å². The summed E-state index contributed by atoms with van der Waals surface area (Å²) in [6.07, 6.45) is 3.03. The van der Waals surface area contributed by atoms with Gasteiger partial charge in [-0.3, -0.25) is 4.79 Å². The van der Waals surface area contributed by atoms with E-state index < -0.39 is 5.97 Å². The highest BCUT2D eigenvalue weighted by atomic mass is 35.5. The van der Waals surface area contributed by atoms with Gasteiger partial charge < -0.3 is 10.1 Å². The van der Waals surface area contributed by atoms with Crippen molar-refractivity contribution < 1.29 is 14.3 Å². The van der Waals surface area contributed by atoms with Crippen LogP contribution < -0.4 is 5.32 Å². The molecule has 1 aliphatic rings. The van der Waals surface area contributed by atoms with Crippen LogP contribution in [0.4, 0.5) is 5.69 Å². The van der Waals surface area contributed by atoms with E-state index in [4.69, 9.17) is 16.3 Å². The number of rotatable bonds is 3. The van der Waals surface area contributed by atoms with Crippen LogP contribution >= 0.6 is 22.9 Å². The molecule has 144 valence electrons. The first kappa shape index (κ1) is 19.9. The van der Waals surface area contributed by atoms with E-state index in [0.29, 0.717) is 27.8 Å². The minimum atomic E-state index is -0.469. The van der Waals surface area contributed by atoms with Gasteiger partial charge in [0, 0.05) is 10.3 Å². The van der Waals surface area contributed by atoms with E-state index in [9.17, 15) is 9.59 Å². The summed E-state index contributed by atoms with van der Waals surface area (Å²) in [5, 5.41) is 5.17. The van der Waals surface area contributed by atoms with Gasteiger partial charge in [-0.2, -0.15) is 0 Å². The average molecular weight is 406 g/mol. The minimum absolute atomic E-state index is 0.189. The predicted octanol–water partition coefficient (Wildman–Crippen LogP) is 5.59. The van der Waals surface area contributed by atoms with Crippen molar-refractivity contribution in [2.75, 3.05) is 12.4 Å². The fourth-order valence-electron chi connectivity index (χ4n) is 3.50. The summed E-state index contributed by atoms with van der Waals surface area (Å²) in [5.41, 5.74) is 2.89. The Morgan fingerprint density at radius 1 is 1.30 bits per heavy atom. The van der Waals surface area contributed by atoms with Crippen LogP contribution in [0.15, 0.2) is 23.6 Å². The highest BCUT2D eigenvalue weighted by Gasteiger charge is 2.31. The number of carbonyl (C=O) groups is 2.